The van der Waals surface area contributed by atoms with Crippen molar-refractivity contribution in [2.45, 2.75) is 57.0 Å². The molecule has 1 unspecified atom stereocenters. The number of nitrogens with one attached hydrogen (secondary N) is 1. The molecule has 2 aliphatic heterocycles. The number of rotatable bonds is 2. The Morgan fingerprint density at radius 2 is 1.22 bits per heavy atom. The molecule has 1 N–H and O–H groups in total. The van der Waals surface area contributed by atoms with E-state index in [0.717, 1.165) is 12.1 Å². The number of hydrogen-bond acceptors (Lipinski definition) is 3. The molecule has 3 fully saturated rings. The van der Waals surface area contributed by atoms with E-state index in [1.165, 1.54) is 84.2 Å². The summed E-state index contributed by atoms with van der Waals surface area (Å²) in [6.45, 7) is 7.72. The molecule has 1 atom stereocenters. The molecule has 3 rings (SSSR count). The summed E-state index contributed by atoms with van der Waals surface area (Å²) < 4.78 is 0. The zero-order chi connectivity index (χ0) is 12.2. The average molecular weight is 251 g/mol. The molecule has 104 valence electrons. The van der Waals surface area contributed by atoms with Crippen LogP contribution in [0.3, 0.4) is 0 Å². The van der Waals surface area contributed by atoms with Crippen molar-refractivity contribution in [3.63, 3.8) is 0 Å². The Balaban J connectivity index is 1.46. The van der Waals surface area contributed by atoms with Gasteiger partial charge in [0.2, 0.25) is 0 Å². The van der Waals surface area contributed by atoms with E-state index in [2.05, 4.69) is 15.1 Å². The van der Waals surface area contributed by atoms with E-state index < -0.39 is 0 Å². The summed E-state index contributed by atoms with van der Waals surface area (Å²) in [5, 5.41) is 3.61. The lowest BCUT2D eigenvalue weighted by Crippen LogP contribution is -2.54. The van der Waals surface area contributed by atoms with Crippen LogP contribution in [0, 0.1) is 0 Å². The maximum absolute atomic E-state index is 3.61. The first-order valence-corrected chi connectivity index (χ1v) is 8.12. The molecule has 2 saturated heterocycles. The van der Waals surface area contributed by atoms with Gasteiger partial charge in [0.15, 0.2) is 0 Å². The van der Waals surface area contributed by atoms with Crippen molar-refractivity contribution in [1.82, 2.24) is 15.1 Å². The molecule has 18 heavy (non-hydrogen) atoms. The van der Waals surface area contributed by atoms with Crippen LogP contribution in [-0.4, -0.2) is 61.2 Å². The molecule has 0 aromatic rings. The lowest BCUT2D eigenvalue weighted by atomic mass is 10.1. The fourth-order valence-corrected chi connectivity index (χ4v) is 4.05. The van der Waals surface area contributed by atoms with Crippen molar-refractivity contribution in [1.29, 1.82) is 0 Å². The molecule has 1 aliphatic carbocycles. The zero-order valence-corrected chi connectivity index (χ0v) is 11.7. The molecule has 3 heteroatoms. The average Bonchev–Trinajstić information content (AvgIpc) is 2.82. The van der Waals surface area contributed by atoms with Crippen molar-refractivity contribution >= 4 is 0 Å². The number of nitrogens with zero attached hydrogens (tertiary/aromatic N) is 2. The Morgan fingerprint density at radius 3 is 1.94 bits per heavy atom. The van der Waals surface area contributed by atoms with Crippen LogP contribution >= 0.6 is 0 Å². The standard InChI is InChI=1S/C15H29N3/c1-2-6-14(5-1)17-9-11-18(12-10-17)15-7-3-4-8-16-13-15/h14-16H,1-13H2. The maximum Gasteiger partial charge on any atom is 0.0221 e. The molecule has 3 nitrogen and oxygen atoms in total. The van der Waals surface area contributed by atoms with Crippen molar-refractivity contribution in [2.24, 2.45) is 0 Å². The Kier molecular flexibility index (Phi) is 4.55. The van der Waals surface area contributed by atoms with Crippen LogP contribution in [0.2, 0.25) is 0 Å². The van der Waals surface area contributed by atoms with Crippen LogP contribution in [-0.2, 0) is 0 Å². The normalized spacial score (nSPS) is 33.7. The minimum absolute atomic E-state index is 0.818. The number of hydrogen-bond donors (Lipinski definition) is 1. The molecule has 1 saturated carbocycles. The summed E-state index contributed by atoms with van der Waals surface area (Å²) in [5.41, 5.74) is 0. The Bertz CT molecular complexity index is 234. The predicted molar refractivity (Wildman–Crippen MR) is 75.9 cm³/mol. The van der Waals surface area contributed by atoms with E-state index in [1.807, 2.05) is 0 Å². The maximum atomic E-state index is 3.61. The molecule has 3 aliphatic rings. The summed E-state index contributed by atoms with van der Waals surface area (Å²) in [5.74, 6) is 0. The summed E-state index contributed by atoms with van der Waals surface area (Å²) in [6, 6.07) is 1.75. The molecule has 2 heterocycles. The van der Waals surface area contributed by atoms with Gasteiger partial charge in [0, 0.05) is 44.8 Å². The summed E-state index contributed by atoms with van der Waals surface area (Å²) >= 11 is 0. The lowest BCUT2D eigenvalue weighted by Gasteiger charge is -2.41. The van der Waals surface area contributed by atoms with Gasteiger partial charge >= 0.3 is 0 Å². The van der Waals surface area contributed by atoms with Crippen molar-refractivity contribution < 1.29 is 0 Å². The van der Waals surface area contributed by atoms with Gasteiger partial charge in [-0.25, -0.2) is 0 Å². The number of piperazine rings is 1. The van der Waals surface area contributed by atoms with E-state index in [9.17, 15) is 0 Å². The van der Waals surface area contributed by atoms with Gasteiger partial charge < -0.3 is 5.32 Å². The fourth-order valence-electron chi connectivity index (χ4n) is 4.05. The molecule has 0 radical (unpaired) electrons. The fraction of sp³-hybridized carbons (Fsp3) is 1.00. The highest BCUT2D eigenvalue weighted by Crippen LogP contribution is 2.25. The monoisotopic (exact) mass is 251 g/mol. The van der Waals surface area contributed by atoms with Crippen LogP contribution < -0.4 is 5.32 Å². The Morgan fingerprint density at radius 1 is 0.667 bits per heavy atom. The first-order valence-electron chi connectivity index (χ1n) is 8.12. The van der Waals surface area contributed by atoms with Gasteiger partial charge in [-0.3, -0.25) is 9.80 Å². The van der Waals surface area contributed by atoms with Gasteiger partial charge in [-0.1, -0.05) is 19.3 Å². The largest absolute Gasteiger partial charge is 0.315 e. The first kappa shape index (κ1) is 12.9. The van der Waals surface area contributed by atoms with E-state index >= 15 is 0 Å². The van der Waals surface area contributed by atoms with E-state index in [-0.39, 0.29) is 0 Å². The van der Waals surface area contributed by atoms with Crippen molar-refractivity contribution in [2.75, 3.05) is 39.3 Å². The molecular weight excluding hydrogens is 222 g/mol. The highest BCUT2D eigenvalue weighted by molar-refractivity contribution is 4.85. The predicted octanol–water partition coefficient (Wildman–Crippen LogP) is 1.69. The second kappa shape index (κ2) is 6.36. The quantitative estimate of drug-likeness (QED) is 0.806. The van der Waals surface area contributed by atoms with Gasteiger partial charge in [-0.15, -0.1) is 0 Å². The van der Waals surface area contributed by atoms with Crippen LogP contribution in [0.4, 0.5) is 0 Å². The second-order valence-electron chi connectivity index (χ2n) is 6.36. The van der Waals surface area contributed by atoms with Gasteiger partial charge in [-0.05, 0) is 32.2 Å². The lowest BCUT2D eigenvalue weighted by molar-refractivity contribution is 0.0687. The van der Waals surface area contributed by atoms with Crippen molar-refractivity contribution in [3.05, 3.63) is 0 Å². The Labute approximate surface area is 112 Å². The minimum Gasteiger partial charge on any atom is -0.315 e. The van der Waals surface area contributed by atoms with Crippen LogP contribution in [0.25, 0.3) is 0 Å². The van der Waals surface area contributed by atoms with Gasteiger partial charge in [-0.2, -0.15) is 0 Å². The third kappa shape index (κ3) is 3.06. The molecular formula is C15H29N3. The molecule has 0 amide bonds. The molecule has 0 aromatic carbocycles. The zero-order valence-electron chi connectivity index (χ0n) is 11.7. The van der Waals surface area contributed by atoms with Gasteiger partial charge in [0.05, 0.1) is 0 Å². The first-order chi connectivity index (χ1) is 8.93. The SMILES string of the molecule is C1CCC(N2CCN(C3CCCC3)CC2)CNC1. The van der Waals surface area contributed by atoms with E-state index in [1.54, 1.807) is 0 Å². The Hall–Kier alpha value is -0.120. The van der Waals surface area contributed by atoms with E-state index in [0.29, 0.717) is 0 Å². The highest BCUT2D eigenvalue weighted by atomic mass is 15.3. The minimum atomic E-state index is 0.818. The molecule has 0 aromatic heterocycles. The smallest absolute Gasteiger partial charge is 0.0221 e. The van der Waals surface area contributed by atoms with Crippen LogP contribution in [0.5, 0.6) is 0 Å². The third-order valence-electron chi connectivity index (χ3n) is 5.23. The summed E-state index contributed by atoms with van der Waals surface area (Å²) in [6.07, 6.45) is 10.1. The summed E-state index contributed by atoms with van der Waals surface area (Å²) in [4.78, 5) is 5.53. The van der Waals surface area contributed by atoms with Crippen LogP contribution in [0.15, 0.2) is 0 Å². The van der Waals surface area contributed by atoms with E-state index in [4.69, 9.17) is 0 Å². The van der Waals surface area contributed by atoms with Gasteiger partial charge in [0.1, 0.15) is 0 Å². The second-order valence-corrected chi connectivity index (χ2v) is 6.36. The van der Waals surface area contributed by atoms with Gasteiger partial charge in [0.25, 0.3) is 0 Å². The highest BCUT2D eigenvalue weighted by Gasteiger charge is 2.28. The third-order valence-corrected chi connectivity index (χ3v) is 5.23. The van der Waals surface area contributed by atoms with Crippen LogP contribution in [0.1, 0.15) is 44.9 Å². The van der Waals surface area contributed by atoms with Crippen molar-refractivity contribution in [3.8, 4) is 0 Å². The topological polar surface area (TPSA) is 18.5 Å². The molecule has 0 spiro atoms. The molecule has 0 bridgehead atoms. The summed E-state index contributed by atoms with van der Waals surface area (Å²) in [7, 11) is 0.